The number of aliphatic hydroxyl groups is 1. The van der Waals surface area contributed by atoms with Crippen LogP contribution in [-0.4, -0.2) is 44.3 Å². The van der Waals surface area contributed by atoms with E-state index in [0.29, 0.717) is 0 Å². The lowest BCUT2D eigenvalue weighted by Crippen LogP contribution is -2.25. The van der Waals surface area contributed by atoms with E-state index in [0.717, 1.165) is 36.4 Å². The molecule has 13 nitrogen and oxygen atoms in total. The van der Waals surface area contributed by atoms with Crippen LogP contribution in [0.15, 0.2) is 54.6 Å². The van der Waals surface area contributed by atoms with Crippen molar-refractivity contribution in [3.05, 3.63) is 70.7 Å². The summed E-state index contributed by atoms with van der Waals surface area (Å²) in [6, 6.07) is 10.7. The minimum absolute atomic E-state index is 0.188. The zero-order chi connectivity index (χ0) is 26.1. The van der Waals surface area contributed by atoms with Crippen LogP contribution in [0.1, 0.15) is 11.1 Å². The predicted octanol–water partition coefficient (Wildman–Crippen LogP) is 2.19. The van der Waals surface area contributed by atoms with E-state index in [4.69, 9.17) is 62.3 Å². The van der Waals surface area contributed by atoms with E-state index >= 15 is 0 Å². The normalized spacial score (nSPS) is 13.8. The Labute approximate surface area is 196 Å². The van der Waals surface area contributed by atoms with Gasteiger partial charge in [0, 0.05) is 10.6 Å². The highest BCUT2D eigenvalue weighted by Gasteiger charge is 2.61. The Morgan fingerprint density at radius 2 is 0.939 bits per heavy atom. The number of halogens is 2. The molecule has 19 heteroatoms. The van der Waals surface area contributed by atoms with Gasteiger partial charge in [-0.3, -0.25) is 18.3 Å². The summed E-state index contributed by atoms with van der Waals surface area (Å²) in [5, 5.41) is 6.30. The zero-order valence-corrected chi connectivity index (χ0v) is 21.0. The molecule has 0 saturated heterocycles. The largest absolute Gasteiger partial charge is 0.374 e. The van der Waals surface area contributed by atoms with E-state index in [1.54, 1.807) is 0 Å². The first-order valence-electron chi connectivity index (χ1n) is 8.06. The highest BCUT2D eigenvalue weighted by atomic mass is 35.5. The second-order valence-corrected chi connectivity index (χ2v) is 15.5. The smallest absolute Gasteiger partial charge is 0.364 e. The van der Waals surface area contributed by atoms with Gasteiger partial charge >= 0.3 is 30.4 Å². The van der Waals surface area contributed by atoms with Crippen molar-refractivity contribution in [2.45, 2.75) is 9.44 Å². The van der Waals surface area contributed by atoms with E-state index in [9.17, 15) is 23.4 Å². The van der Waals surface area contributed by atoms with Crippen molar-refractivity contribution < 1.29 is 62.5 Å². The van der Waals surface area contributed by atoms with Gasteiger partial charge in [0.25, 0.3) is 9.44 Å². The first-order chi connectivity index (χ1) is 14.6. The molecule has 0 spiro atoms. The van der Waals surface area contributed by atoms with Crippen LogP contribution >= 0.6 is 53.6 Å². The van der Waals surface area contributed by atoms with Crippen LogP contribution in [0.4, 0.5) is 0 Å². The second-order valence-electron chi connectivity index (χ2n) is 6.27. The quantitative estimate of drug-likeness (QED) is 0.173. The summed E-state index contributed by atoms with van der Waals surface area (Å²) < 4.78 is 41.5. The molecule has 0 heterocycles. The van der Waals surface area contributed by atoms with Gasteiger partial charge in [0.05, 0.1) is 0 Å². The number of hydrogen-bond acceptors (Lipinski definition) is 5. The Bertz CT molecular complexity index is 1110. The topological polar surface area (TPSA) is 250 Å². The predicted molar refractivity (Wildman–Crippen MR) is 117 cm³/mol. The molecule has 9 N–H and O–H groups in total. The summed E-state index contributed by atoms with van der Waals surface area (Å²) in [6.07, 6.45) is 0. The molecule has 33 heavy (non-hydrogen) atoms. The third-order valence-electron chi connectivity index (χ3n) is 3.96. The minimum atomic E-state index is -5.50. The molecule has 0 unspecified atom stereocenters. The fourth-order valence-corrected chi connectivity index (χ4v) is 7.24. The molecule has 0 bridgehead atoms. The average Bonchev–Trinajstić information content (AvgIpc) is 2.65. The van der Waals surface area contributed by atoms with Crippen LogP contribution < -0.4 is 0 Å². The summed E-state index contributed by atoms with van der Waals surface area (Å²) in [7, 11) is -21.5. The number of benzene rings is 2. The Morgan fingerprint density at radius 1 is 0.576 bits per heavy atom. The van der Waals surface area contributed by atoms with Crippen molar-refractivity contribution >= 4 is 53.6 Å². The number of hydrogen-bond donors (Lipinski definition) is 9. The van der Waals surface area contributed by atoms with Crippen LogP contribution in [0.2, 0.25) is 5.02 Å². The van der Waals surface area contributed by atoms with E-state index in [1.807, 2.05) is 0 Å². The average molecular weight is 589 g/mol. The van der Waals surface area contributed by atoms with Gasteiger partial charge in [-0.15, -0.1) is 0 Å². The molecule has 186 valence electrons. The molecule has 0 atom stereocenters. The summed E-state index contributed by atoms with van der Waals surface area (Å²) >= 11 is 11.0. The maximum absolute atomic E-state index is 11.2. The third-order valence-corrected chi connectivity index (χ3v) is 13.1. The fraction of sp³-hybridized carbons (Fsp3) is 0.143. The highest BCUT2D eigenvalue weighted by Crippen LogP contribution is 2.77. The lowest BCUT2D eigenvalue weighted by atomic mass is 10.2. The molecule has 0 aliphatic heterocycles. The Hall–Kier alpha value is -0.420. The highest BCUT2D eigenvalue weighted by molar-refractivity contribution is 7.74. The summed E-state index contributed by atoms with van der Waals surface area (Å²) in [5.41, 5.74) is -0.929. The van der Waals surface area contributed by atoms with Crippen molar-refractivity contribution in [3.63, 3.8) is 0 Å². The summed E-state index contributed by atoms with van der Waals surface area (Å²) in [5.74, 6) is 0. The molecule has 2 aromatic rings. The molecule has 2 aromatic carbocycles. The van der Waals surface area contributed by atoms with Crippen molar-refractivity contribution in [3.8, 4) is 0 Å². The SMILES string of the molecule is O=P(O)(O)C(Cl)(c1ccccc1)P(=O)(O)O.O=P(O)(O)C(O)(c1ccc(Cl)cc1)P(=O)(O)O. The number of alkyl halides is 1. The first kappa shape index (κ1) is 30.6. The van der Waals surface area contributed by atoms with Crippen LogP contribution in [-0.2, 0) is 27.7 Å². The van der Waals surface area contributed by atoms with Crippen molar-refractivity contribution in [1.82, 2.24) is 0 Å². The Balaban J connectivity index is 0.000000331. The molecule has 0 amide bonds. The van der Waals surface area contributed by atoms with E-state index < -0.39 is 45.4 Å². The third kappa shape index (κ3) is 6.42. The first-order valence-corrected chi connectivity index (χ1v) is 15.3. The van der Waals surface area contributed by atoms with Crippen molar-refractivity contribution in [2.24, 2.45) is 0 Å². The van der Waals surface area contributed by atoms with Gasteiger partial charge in [-0.2, -0.15) is 0 Å². The zero-order valence-electron chi connectivity index (χ0n) is 15.9. The van der Waals surface area contributed by atoms with Crippen LogP contribution in [0.5, 0.6) is 0 Å². The Kier molecular flexibility index (Phi) is 9.54. The van der Waals surface area contributed by atoms with Gasteiger partial charge < -0.3 is 44.3 Å². The lowest BCUT2D eigenvalue weighted by molar-refractivity contribution is 0.131. The molecule has 2 rings (SSSR count). The molecule has 0 fully saturated rings. The molecule has 0 radical (unpaired) electrons. The molecule has 0 aromatic heterocycles. The Morgan fingerprint density at radius 3 is 1.24 bits per heavy atom. The second kappa shape index (κ2) is 10.3. The van der Waals surface area contributed by atoms with Gasteiger partial charge in [0.2, 0.25) is 0 Å². The molecular formula is C14H18Cl2O13P4. The monoisotopic (exact) mass is 588 g/mol. The maximum Gasteiger partial charge on any atom is 0.374 e. The standard InChI is InChI=1S/C7H9ClO7P2.C7H9ClO6P2/c8-6-3-1-5(2-4-6)7(9,16(10,11)12)17(13,14)15;8-7(15(9,10)11,16(12,13)14)6-4-2-1-3-5-6/h1-4,9H,(H2,10,11,12)(H2,13,14,15);1-5H,(H2,9,10,11)(H2,12,13,14). The minimum Gasteiger partial charge on any atom is -0.364 e. The van der Waals surface area contributed by atoms with Crippen LogP contribution in [0.3, 0.4) is 0 Å². The fourth-order valence-electron chi connectivity index (χ4n) is 2.34. The van der Waals surface area contributed by atoms with E-state index in [-0.39, 0.29) is 10.6 Å². The molecule has 0 saturated carbocycles. The molecule has 0 aliphatic carbocycles. The number of rotatable bonds is 6. The van der Waals surface area contributed by atoms with Gasteiger partial charge in [0.15, 0.2) is 0 Å². The van der Waals surface area contributed by atoms with E-state index in [1.165, 1.54) is 18.2 Å². The van der Waals surface area contributed by atoms with Gasteiger partial charge in [-0.1, -0.05) is 65.7 Å². The lowest BCUT2D eigenvalue weighted by Gasteiger charge is -2.29. The van der Waals surface area contributed by atoms with Crippen molar-refractivity contribution in [2.75, 3.05) is 0 Å². The van der Waals surface area contributed by atoms with Crippen LogP contribution in [0, 0.1) is 0 Å². The van der Waals surface area contributed by atoms with Gasteiger partial charge in [-0.25, -0.2) is 0 Å². The van der Waals surface area contributed by atoms with Gasteiger partial charge in [0.1, 0.15) is 0 Å². The summed E-state index contributed by atoms with van der Waals surface area (Å²) in [4.78, 5) is 71.8. The maximum atomic E-state index is 11.2. The summed E-state index contributed by atoms with van der Waals surface area (Å²) in [6.45, 7) is 0. The van der Waals surface area contributed by atoms with Crippen molar-refractivity contribution in [1.29, 1.82) is 0 Å². The van der Waals surface area contributed by atoms with Gasteiger partial charge in [-0.05, 0) is 17.7 Å². The molecular weight excluding hydrogens is 571 g/mol. The molecule has 0 aliphatic rings. The van der Waals surface area contributed by atoms with E-state index in [2.05, 4.69) is 0 Å². The van der Waals surface area contributed by atoms with Crippen LogP contribution in [0.25, 0.3) is 0 Å².